The summed E-state index contributed by atoms with van der Waals surface area (Å²) in [6, 6.07) is 10.6. The van der Waals surface area contributed by atoms with Crippen LogP contribution in [0.25, 0.3) is 0 Å². The van der Waals surface area contributed by atoms with Gasteiger partial charge in [0.2, 0.25) is 0 Å². The van der Waals surface area contributed by atoms with Crippen LogP contribution in [0.1, 0.15) is 30.5 Å². The zero-order chi connectivity index (χ0) is 13.0. The van der Waals surface area contributed by atoms with Crippen LogP contribution in [0.3, 0.4) is 0 Å². The van der Waals surface area contributed by atoms with Gasteiger partial charge < -0.3 is 9.88 Å². The molecule has 2 aromatic rings. The Morgan fingerprint density at radius 3 is 2.78 bits per heavy atom. The molecular weight excluding hydrogens is 244 g/mol. The van der Waals surface area contributed by atoms with Crippen LogP contribution in [0.15, 0.2) is 42.7 Å². The second-order valence-electron chi connectivity index (χ2n) is 4.58. The van der Waals surface area contributed by atoms with Crippen LogP contribution in [0.2, 0.25) is 5.02 Å². The Bertz CT molecular complexity index is 505. The molecule has 18 heavy (non-hydrogen) atoms. The van der Waals surface area contributed by atoms with Gasteiger partial charge in [0.1, 0.15) is 0 Å². The smallest absolute Gasteiger partial charge is 0.0409 e. The van der Waals surface area contributed by atoms with Gasteiger partial charge in [0.25, 0.3) is 0 Å². The molecule has 2 nitrogen and oxygen atoms in total. The monoisotopic (exact) mass is 262 g/mol. The Morgan fingerprint density at radius 1 is 1.33 bits per heavy atom. The molecule has 0 bridgehead atoms. The lowest BCUT2D eigenvalue weighted by molar-refractivity contribution is 0.519. The second kappa shape index (κ2) is 6.07. The highest BCUT2D eigenvalue weighted by atomic mass is 35.5. The summed E-state index contributed by atoms with van der Waals surface area (Å²) in [4.78, 5) is 0. The van der Waals surface area contributed by atoms with Crippen LogP contribution in [-0.4, -0.2) is 4.57 Å². The maximum absolute atomic E-state index is 6.04. The fourth-order valence-corrected chi connectivity index (χ4v) is 2.33. The predicted molar refractivity (Wildman–Crippen MR) is 76.7 cm³/mol. The van der Waals surface area contributed by atoms with Crippen molar-refractivity contribution in [3.63, 3.8) is 0 Å². The molecule has 1 aromatic heterocycles. The normalized spacial score (nSPS) is 12.6. The van der Waals surface area contributed by atoms with Crippen LogP contribution < -0.4 is 5.32 Å². The number of nitrogens with zero attached hydrogens (tertiary/aromatic N) is 1. The average molecular weight is 263 g/mol. The predicted octanol–water partition coefficient (Wildman–Crippen LogP) is 3.92. The first-order chi connectivity index (χ1) is 8.69. The highest BCUT2D eigenvalue weighted by molar-refractivity contribution is 6.30. The van der Waals surface area contributed by atoms with Gasteiger partial charge in [-0.3, -0.25) is 0 Å². The third kappa shape index (κ3) is 3.37. The van der Waals surface area contributed by atoms with Gasteiger partial charge in [-0.15, -0.1) is 0 Å². The first-order valence-electron chi connectivity index (χ1n) is 6.28. The van der Waals surface area contributed by atoms with E-state index in [1.165, 1.54) is 11.1 Å². The maximum Gasteiger partial charge on any atom is 0.0409 e. The van der Waals surface area contributed by atoms with E-state index in [9.17, 15) is 0 Å². The number of rotatable bonds is 5. The molecule has 0 aliphatic heterocycles. The summed E-state index contributed by atoms with van der Waals surface area (Å²) in [7, 11) is 2.04. The Labute approximate surface area is 114 Å². The van der Waals surface area contributed by atoms with Gasteiger partial charge in [0.05, 0.1) is 0 Å². The highest BCUT2D eigenvalue weighted by Crippen LogP contribution is 2.20. The summed E-state index contributed by atoms with van der Waals surface area (Å²) in [6.45, 7) is 3.06. The molecule has 0 radical (unpaired) electrons. The Hall–Kier alpha value is -1.25. The van der Waals surface area contributed by atoms with Crippen molar-refractivity contribution in [3.05, 3.63) is 58.9 Å². The van der Waals surface area contributed by atoms with Gasteiger partial charge >= 0.3 is 0 Å². The molecule has 0 aliphatic carbocycles. The minimum absolute atomic E-state index is 0.351. The number of aromatic nitrogens is 1. The van der Waals surface area contributed by atoms with E-state index in [4.69, 9.17) is 11.6 Å². The number of hydrogen-bond donors (Lipinski definition) is 1. The third-order valence-corrected chi connectivity index (χ3v) is 3.34. The first-order valence-corrected chi connectivity index (χ1v) is 6.66. The zero-order valence-corrected chi connectivity index (χ0v) is 11.6. The van der Waals surface area contributed by atoms with E-state index in [1.807, 2.05) is 25.2 Å². The van der Waals surface area contributed by atoms with Gasteiger partial charge in [0, 0.05) is 37.1 Å². The summed E-state index contributed by atoms with van der Waals surface area (Å²) in [5.41, 5.74) is 2.55. The second-order valence-corrected chi connectivity index (χ2v) is 5.02. The summed E-state index contributed by atoms with van der Waals surface area (Å²) in [6.07, 6.45) is 5.25. The molecule has 0 amide bonds. The number of nitrogens with one attached hydrogen (secondary N) is 1. The topological polar surface area (TPSA) is 17.0 Å². The molecule has 1 N–H and O–H groups in total. The molecule has 3 heteroatoms. The van der Waals surface area contributed by atoms with Crippen LogP contribution in [0.4, 0.5) is 0 Å². The molecule has 1 unspecified atom stereocenters. The van der Waals surface area contributed by atoms with E-state index in [-0.39, 0.29) is 0 Å². The van der Waals surface area contributed by atoms with Crippen molar-refractivity contribution in [1.82, 2.24) is 9.88 Å². The molecule has 1 aromatic carbocycles. The molecule has 0 fully saturated rings. The van der Waals surface area contributed by atoms with Gasteiger partial charge in [-0.05, 0) is 35.7 Å². The first kappa shape index (κ1) is 13.2. The van der Waals surface area contributed by atoms with E-state index < -0.39 is 0 Å². The van der Waals surface area contributed by atoms with Crippen molar-refractivity contribution < 1.29 is 0 Å². The quantitative estimate of drug-likeness (QED) is 0.864. The lowest BCUT2D eigenvalue weighted by atomic mass is 10.0. The van der Waals surface area contributed by atoms with Crippen LogP contribution in [0, 0.1) is 0 Å². The number of benzene rings is 1. The Balaban J connectivity index is 2.01. The lowest BCUT2D eigenvalue weighted by Crippen LogP contribution is -2.20. The van der Waals surface area contributed by atoms with Crippen molar-refractivity contribution in [2.45, 2.75) is 25.9 Å². The van der Waals surface area contributed by atoms with Gasteiger partial charge in [0.15, 0.2) is 0 Å². The molecule has 2 rings (SSSR count). The van der Waals surface area contributed by atoms with E-state index in [1.54, 1.807) is 0 Å². The molecular formula is C15H19ClN2. The molecule has 0 saturated heterocycles. The van der Waals surface area contributed by atoms with Gasteiger partial charge in [-0.1, -0.05) is 30.7 Å². The lowest BCUT2D eigenvalue weighted by Gasteiger charge is -2.17. The summed E-state index contributed by atoms with van der Waals surface area (Å²) < 4.78 is 2.07. The molecule has 96 valence electrons. The van der Waals surface area contributed by atoms with E-state index in [0.717, 1.165) is 18.0 Å². The fraction of sp³-hybridized carbons (Fsp3) is 0.333. The average Bonchev–Trinajstić information content (AvgIpc) is 2.76. The molecule has 0 aliphatic rings. The van der Waals surface area contributed by atoms with Gasteiger partial charge in [-0.25, -0.2) is 0 Å². The minimum atomic E-state index is 0.351. The zero-order valence-electron chi connectivity index (χ0n) is 10.9. The summed E-state index contributed by atoms with van der Waals surface area (Å²) in [5, 5.41) is 4.37. The minimum Gasteiger partial charge on any atom is -0.357 e. The number of halogens is 1. The number of aryl methyl sites for hydroxylation is 1. The van der Waals surface area contributed by atoms with Crippen LogP contribution in [-0.2, 0) is 13.6 Å². The largest absolute Gasteiger partial charge is 0.357 e. The summed E-state index contributed by atoms with van der Waals surface area (Å²) >= 11 is 6.04. The fourth-order valence-electron chi connectivity index (χ4n) is 2.13. The van der Waals surface area contributed by atoms with E-state index >= 15 is 0 Å². The van der Waals surface area contributed by atoms with Crippen LogP contribution in [0.5, 0.6) is 0 Å². The van der Waals surface area contributed by atoms with Crippen molar-refractivity contribution in [1.29, 1.82) is 0 Å². The van der Waals surface area contributed by atoms with Crippen LogP contribution >= 0.6 is 11.6 Å². The molecule has 0 spiro atoms. The SMILES string of the molecule is CCC(NCc1ccn(C)c1)c1cccc(Cl)c1. The standard InChI is InChI=1S/C15H19ClN2/c1-3-15(13-5-4-6-14(16)9-13)17-10-12-7-8-18(2)11-12/h4-9,11,15,17H,3,10H2,1-2H3. The molecule has 0 saturated carbocycles. The Morgan fingerprint density at radius 2 is 2.17 bits per heavy atom. The van der Waals surface area contributed by atoms with E-state index in [2.05, 4.69) is 41.3 Å². The Kier molecular flexibility index (Phi) is 4.45. The van der Waals surface area contributed by atoms with Crippen molar-refractivity contribution in [2.75, 3.05) is 0 Å². The van der Waals surface area contributed by atoms with E-state index in [0.29, 0.717) is 6.04 Å². The van der Waals surface area contributed by atoms with Crippen molar-refractivity contribution in [3.8, 4) is 0 Å². The van der Waals surface area contributed by atoms with Crippen molar-refractivity contribution in [2.24, 2.45) is 7.05 Å². The van der Waals surface area contributed by atoms with Gasteiger partial charge in [-0.2, -0.15) is 0 Å². The summed E-state index contributed by atoms with van der Waals surface area (Å²) in [5.74, 6) is 0. The maximum atomic E-state index is 6.04. The molecule has 1 heterocycles. The molecule has 1 atom stereocenters. The van der Waals surface area contributed by atoms with Crippen molar-refractivity contribution >= 4 is 11.6 Å². The number of hydrogen-bond acceptors (Lipinski definition) is 1. The highest BCUT2D eigenvalue weighted by Gasteiger charge is 2.09. The third-order valence-electron chi connectivity index (χ3n) is 3.11.